The highest BCUT2D eigenvalue weighted by Crippen LogP contribution is 2.30. The van der Waals surface area contributed by atoms with Gasteiger partial charge < -0.3 is 9.64 Å². The highest BCUT2D eigenvalue weighted by Gasteiger charge is 2.25. The maximum absolute atomic E-state index is 12.5. The molecule has 0 saturated heterocycles. The van der Waals surface area contributed by atoms with Crippen LogP contribution in [0.15, 0.2) is 36.4 Å². The van der Waals surface area contributed by atoms with Gasteiger partial charge in [-0.3, -0.25) is 4.79 Å². The lowest BCUT2D eigenvalue weighted by Crippen LogP contribution is -2.37. The highest BCUT2D eigenvalue weighted by molar-refractivity contribution is 7.14. The summed E-state index contributed by atoms with van der Waals surface area (Å²) in [5, 5.41) is 0. The van der Waals surface area contributed by atoms with Gasteiger partial charge in [0.25, 0.3) is 5.91 Å². The summed E-state index contributed by atoms with van der Waals surface area (Å²) in [5.74, 6) is -0.646. The van der Waals surface area contributed by atoms with Crippen molar-refractivity contribution in [2.45, 2.75) is 38.7 Å². The molecule has 0 fully saturated rings. The van der Waals surface area contributed by atoms with Gasteiger partial charge in [-0.25, -0.2) is 4.79 Å². The van der Waals surface area contributed by atoms with E-state index >= 15 is 0 Å². The number of benzene rings is 1. The molecule has 3 rings (SSSR count). The van der Waals surface area contributed by atoms with Gasteiger partial charge in [-0.2, -0.15) is 0 Å². The topological polar surface area (TPSA) is 46.6 Å². The number of nitrogens with zero attached hydrogens (tertiary/aromatic N) is 1. The molecule has 0 N–H and O–H groups in total. The molecule has 126 valence electrons. The number of rotatable bonds is 4. The van der Waals surface area contributed by atoms with Crippen LogP contribution < -0.4 is 4.90 Å². The number of esters is 1. The van der Waals surface area contributed by atoms with E-state index in [4.69, 9.17) is 4.74 Å². The van der Waals surface area contributed by atoms with Gasteiger partial charge in [0, 0.05) is 17.6 Å². The van der Waals surface area contributed by atoms with Crippen molar-refractivity contribution in [3.63, 3.8) is 0 Å². The van der Waals surface area contributed by atoms with Crippen molar-refractivity contribution in [2.24, 2.45) is 0 Å². The van der Waals surface area contributed by atoms with Crippen molar-refractivity contribution in [3.8, 4) is 0 Å². The predicted molar refractivity (Wildman–Crippen MR) is 95.7 cm³/mol. The second kappa shape index (κ2) is 7.18. The molecule has 1 atom stereocenters. The largest absolute Gasteiger partial charge is 0.448 e. The normalized spacial score (nSPS) is 14.6. The zero-order valence-electron chi connectivity index (χ0n) is 14.0. The molecule has 1 amide bonds. The Bertz CT molecular complexity index is 715. The van der Waals surface area contributed by atoms with E-state index in [0.29, 0.717) is 4.88 Å². The average Bonchev–Trinajstić information content (AvgIpc) is 3.05. The van der Waals surface area contributed by atoms with Crippen LogP contribution in [0.25, 0.3) is 0 Å². The van der Waals surface area contributed by atoms with Crippen LogP contribution in [0.5, 0.6) is 0 Å². The monoisotopic (exact) mass is 343 g/mol. The maximum Gasteiger partial charge on any atom is 0.349 e. The van der Waals surface area contributed by atoms with Gasteiger partial charge in [-0.15, -0.1) is 11.3 Å². The Labute approximate surface area is 146 Å². The van der Waals surface area contributed by atoms with E-state index in [-0.39, 0.29) is 5.91 Å². The number of carbonyl (C=O) groups excluding carboxylic acids is 2. The van der Waals surface area contributed by atoms with Crippen molar-refractivity contribution in [2.75, 3.05) is 11.9 Å². The molecule has 4 nitrogen and oxygen atoms in total. The Morgan fingerprint density at radius 2 is 1.88 bits per heavy atom. The number of hydrogen-bond acceptors (Lipinski definition) is 4. The van der Waals surface area contributed by atoms with Crippen LogP contribution in [0.1, 0.15) is 39.9 Å². The molecular formula is C19H21NO3S. The highest BCUT2D eigenvalue weighted by atomic mass is 32.1. The fourth-order valence-corrected chi connectivity index (χ4v) is 4.05. The van der Waals surface area contributed by atoms with Gasteiger partial charge in [0.2, 0.25) is 0 Å². The number of aryl methyl sites for hydroxylation is 2. The van der Waals surface area contributed by atoms with Crippen molar-refractivity contribution in [1.29, 1.82) is 0 Å². The van der Waals surface area contributed by atoms with Crippen LogP contribution in [-0.2, 0) is 22.4 Å². The molecule has 1 aromatic carbocycles. The summed E-state index contributed by atoms with van der Waals surface area (Å²) in [5.41, 5.74) is 2.04. The summed E-state index contributed by atoms with van der Waals surface area (Å²) in [6, 6.07) is 11.3. The first-order chi connectivity index (χ1) is 11.6. The van der Waals surface area contributed by atoms with E-state index in [9.17, 15) is 9.59 Å². The average molecular weight is 343 g/mol. The zero-order chi connectivity index (χ0) is 17.1. The molecule has 0 radical (unpaired) electrons. The van der Waals surface area contributed by atoms with Gasteiger partial charge in [0.1, 0.15) is 4.88 Å². The number of hydrogen-bond donors (Lipinski definition) is 0. The minimum absolute atomic E-state index is 0.240. The third-order valence-corrected chi connectivity index (χ3v) is 5.52. The molecule has 0 saturated carbocycles. The third-order valence-electron chi connectivity index (χ3n) is 4.30. The van der Waals surface area contributed by atoms with Crippen molar-refractivity contribution >= 4 is 28.9 Å². The van der Waals surface area contributed by atoms with Crippen LogP contribution in [0, 0.1) is 0 Å². The molecule has 5 heteroatoms. The van der Waals surface area contributed by atoms with E-state index in [1.54, 1.807) is 14.0 Å². The molecular weight excluding hydrogens is 322 g/mol. The minimum atomic E-state index is -0.818. The van der Waals surface area contributed by atoms with Gasteiger partial charge in [-0.1, -0.05) is 18.2 Å². The Balaban J connectivity index is 1.65. The number of para-hydroxylation sites is 1. The van der Waals surface area contributed by atoms with Gasteiger partial charge in [-0.05, 0) is 56.4 Å². The molecule has 0 spiro atoms. The summed E-state index contributed by atoms with van der Waals surface area (Å²) < 4.78 is 5.40. The third kappa shape index (κ3) is 3.51. The predicted octanol–water partition coefficient (Wildman–Crippen LogP) is 3.84. The lowest BCUT2D eigenvalue weighted by Gasteiger charge is -2.21. The van der Waals surface area contributed by atoms with Crippen LogP contribution in [-0.4, -0.2) is 25.0 Å². The van der Waals surface area contributed by atoms with Crippen molar-refractivity contribution in [1.82, 2.24) is 0 Å². The molecule has 0 unspecified atom stereocenters. The smallest absolute Gasteiger partial charge is 0.349 e. The first-order valence-corrected chi connectivity index (χ1v) is 9.03. The number of carbonyl (C=O) groups is 2. The Morgan fingerprint density at radius 3 is 2.58 bits per heavy atom. The van der Waals surface area contributed by atoms with E-state index in [0.717, 1.165) is 18.5 Å². The minimum Gasteiger partial charge on any atom is -0.448 e. The van der Waals surface area contributed by atoms with E-state index < -0.39 is 12.1 Å². The van der Waals surface area contributed by atoms with Crippen LogP contribution in [0.2, 0.25) is 0 Å². The number of anilines is 1. The standard InChI is InChI=1S/C19H21NO3S/c1-13(18(21)20(2)15-9-4-3-5-10-15)23-19(22)17-12-14-8-6-7-11-16(14)24-17/h3-5,9-10,12-13H,6-8,11H2,1-2H3/t13-/m0/s1. The summed E-state index contributed by atoms with van der Waals surface area (Å²) in [6.07, 6.45) is 3.61. The zero-order valence-corrected chi connectivity index (χ0v) is 14.8. The molecule has 1 aliphatic carbocycles. The fourth-order valence-electron chi connectivity index (χ4n) is 2.91. The molecule has 1 aliphatic rings. The molecule has 1 aromatic heterocycles. The van der Waals surface area contributed by atoms with E-state index in [1.165, 1.54) is 39.5 Å². The second-order valence-electron chi connectivity index (χ2n) is 6.05. The van der Waals surface area contributed by atoms with Crippen LogP contribution in [0.4, 0.5) is 5.69 Å². The summed E-state index contributed by atoms with van der Waals surface area (Å²) in [4.78, 5) is 28.2. The number of amides is 1. The van der Waals surface area contributed by atoms with Crippen molar-refractivity contribution in [3.05, 3.63) is 51.7 Å². The van der Waals surface area contributed by atoms with E-state index in [2.05, 4.69) is 0 Å². The second-order valence-corrected chi connectivity index (χ2v) is 7.18. The number of fused-ring (bicyclic) bond motifs is 1. The summed E-state index contributed by atoms with van der Waals surface area (Å²) >= 11 is 1.50. The first kappa shape index (κ1) is 16.7. The van der Waals surface area contributed by atoms with Gasteiger partial charge >= 0.3 is 5.97 Å². The van der Waals surface area contributed by atoms with Gasteiger partial charge in [0.15, 0.2) is 6.10 Å². The Hall–Kier alpha value is -2.14. The maximum atomic E-state index is 12.5. The number of likely N-dealkylation sites (N-methyl/N-ethyl adjacent to an activating group) is 1. The SMILES string of the molecule is C[C@H](OC(=O)c1cc2c(s1)CCCC2)C(=O)N(C)c1ccccc1. The molecule has 24 heavy (non-hydrogen) atoms. The van der Waals surface area contributed by atoms with Crippen LogP contribution in [0.3, 0.4) is 0 Å². The quantitative estimate of drug-likeness (QED) is 0.793. The molecule has 0 bridgehead atoms. The lowest BCUT2D eigenvalue weighted by atomic mass is 9.99. The summed E-state index contributed by atoms with van der Waals surface area (Å²) in [6.45, 7) is 1.62. The number of ether oxygens (including phenoxy) is 1. The fraction of sp³-hybridized carbons (Fsp3) is 0.368. The molecule has 0 aliphatic heterocycles. The Morgan fingerprint density at radius 1 is 1.17 bits per heavy atom. The molecule has 2 aromatic rings. The van der Waals surface area contributed by atoms with Gasteiger partial charge in [0.05, 0.1) is 0 Å². The Kier molecular flexibility index (Phi) is 5.00. The lowest BCUT2D eigenvalue weighted by molar-refractivity contribution is -0.126. The molecule has 1 heterocycles. The number of thiophene rings is 1. The van der Waals surface area contributed by atoms with Crippen LogP contribution >= 0.6 is 11.3 Å². The van der Waals surface area contributed by atoms with E-state index in [1.807, 2.05) is 36.4 Å². The van der Waals surface area contributed by atoms with Crippen molar-refractivity contribution < 1.29 is 14.3 Å². The summed E-state index contributed by atoms with van der Waals surface area (Å²) in [7, 11) is 1.69. The first-order valence-electron chi connectivity index (χ1n) is 8.21.